The van der Waals surface area contributed by atoms with E-state index in [1.54, 1.807) is 16.8 Å². The quantitative estimate of drug-likeness (QED) is 0.770. The summed E-state index contributed by atoms with van der Waals surface area (Å²) < 4.78 is 14.8. The largest absolute Gasteiger partial charge is 0.311 e. The molecule has 0 saturated heterocycles. The van der Waals surface area contributed by atoms with E-state index >= 15 is 0 Å². The molecule has 0 atom stereocenters. The topological polar surface area (TPSA) is 49.8 Å². The van der Waals surface area contributed by atoms with E-state index in [0.717, 1.165) is 17.8 Å². The molecule has 2 N–H and O–H groups in total. The lowest BCUT2D eigenvalue weighted by Gasteiger charge is -2.15. The second-order valence-electron chi connectivity index (χ2n) is 4.11. The molecule has 5 heteroatoms. The van der Waals surface area contributed by atoms with Crippen molar-refractivity contribution in [2.45, 2.75) is 13.0 Å². The van der Waals surface area contributed by atoms with Crippen LogP contribution in [0.15, 0.2) is 29.1 Å². The summed E-state index contributed by atoms with van der Waals surface area (Å²) >= 11 is 0. The van der Waals surface area contributed by atoms with Gasteiger partial charge in [0, 0.05) is 12.1 Å². The Morgan fingerprint density at radius 3 is 3.06 bits per heavy atom. The van der Waals surface area contributed by atoms with E-state index in [4.69, 9.17) is 0 Å². The lowest BCUT2D eigenvalue weighted by molar-refractivity contribution is 0.607. The van der Waals surface area contributed by atoms with Crippen LogP contribution in [0.25, 0.3) is 5.69 Å². The normalized spacial score (nSPS) is 14.6. The molecule has 0 aliphatic carbocycles. The van der Waals surface area contributed by atoms with Gasteiger partial charge in [-0.3, -0.25) is 14.6 Å². The van der Waals surface area contributed by atoms with Gasteiger partial charge in [0.15, 0.2) is 0 Å². The molecule has 1 aliphatic heterocycles. The number of hydrogen-bond acceptors (Lipinski definition) is 2. The van der Waals surface area contributed by atoms with Crippen LogP contribution in [0.2, 0.25) is 0 Å². The first kappa shape index (κ1) is 10.3. The van der Waals surface area contributed by atoms with Crippen molar-refractivity contribution in [3.63, 3.8) is 0 Å². The predicted molar refractivity (Wildman–Crippen MR) is 61.8 cm³/mol. The van der Waals surface area contributed by atoms with Crippen molar-refractivity contribution in [3.05, 3.63) is 51.7 Å². The average Bonchev–Trinajstić information content (AvgIpc) is 2.68. The van der Waals surface area contributed by atoms with Gasteiger partial charge in [0.2, 0.25) is 0 Å². The molecule has 3 rings (SSSR count). The first-order chi connectivity index (χ1) is 8.25. The summed E-state index contributed by atoms with van der Waals surface area (Å²) in [6.07, 6.45) is 0.715. The van der Waals surface area contributed by atoms with Crippen LogP contribution >= 0.6 is 0 Å². The van der Waals surface area contributed by atoms with Crippen LogP contribution in [0.5, 0.6) is 0 Å². The Balaban J connectivity index is 2.18. The van der Waals surface area contributed by atoms with E-state index in [2.05, 4.69) is 10.4 Å². The van der Waals surface area contributed by atoms with Crippen molar-refractivity contribution < 1.29 is 4.39 Å². The number of halogens is 1. The van der Waals surface area contributed by atoms with Gasteiger partial charge in [0.05, 0.1) is 11.4 Å². The van der Waals surface area contributed by atoms with Crippen LogP contribution in [0.1, 0.15) is 11.3 Å². The number of nitrogens with one attached hydrogen (secondary N) is 2. The van der Waals surface area contributed by atoms with E-state index < -0.39 is 0 Å². The first-order valence-corrected chi connectivity index (χ1v) is 5.55. The highest BCUT2D eigenvalue weighted by Gasteiger charge is 2.18. The molecule has 1 aliphatic rings. The number of hydrogen-bond donors (Lipinski definition) is 2. The molecule has 0 spiro atoms. The summed E-state index contributed by atoms with van der Waals surface area (Å²) in [4.78, 5) is 11.7. The summed E-state index contributed by atoms with van der Waals surface area (Å²) in [6, 6.07) is 6.19. The van der Waals surface area contributed by atoms with Crippen LogP contribution in [0.4, 0.5) is 4.39 Å². The fourth-order valence-electron chi connectivity index (χ4n) is 2.20. The fourth-order valence-corrected chi connectivity index (χ4v) is 2.20. The van der Waals surface area contributed by atoms with Crippen LogP contribution < -0.4 is 10.9 Å². The van der Waals surface area contributed by atoms with Crippen LogP contribution in [0.3, 0.4) is 0 Å². The van der Waals surface area contributed by atoms with Gasteiger partial charge in [-0.1, -0.05) is 6.07 Å². The van der Waals surface area contributed by atoms with Gasteiger partial charge in [-0.05, 0) is 31.2 Å². The van der Waals surface area contributed by atoms with Gasteiger partial charge in [-0.2, -0.15) is 0 Å². The molecule has 2 heterocycles. The summed E-state index contributed by atoms with van der Waals surface area (Å²) in [5, 5.41) is 5.96. The summed E-state index contributed by atoms with van der Waals surface area (Å²) in [7, 11) is 0. The Morgan fingerprint density at radius 1 is 1.35 bits per heavy atom. The molecule has 0 saturated carbocycles. The van der Waals surface area contributed by atoms with E-state index in [1.165, 1.54) is 12.1 Å². The molecular formula is C12H12FN3O. The van der Waals surface area contributed by atoms with Gasteiger partial charge >= 0.3 is 0 Å². The molecule has 0 fully saturated rings. The standard InChI is InChI=1S/C12H12FN3O/c13-8-2-1-3-9(6-8)16-11-7-14-5-4-10(11)12(17)15-16/h1-3,6,14H,4-5,7H2,(H,15,17). The van der Waals surface area contributed by atoms with Gasteiger partial charge in [0.1, 0.15) is 5.82 Å². The van der Waals surface area contributed by atoms with Crippen molar-refractivity contribution in [1.82, 2.24) is 15.1 Å². The van der Waals surface area contributed by atoms with Crippen LogP contribution in [-0.4, -0.2) is 16.3 Å². The number of nitrogens with zero attached hydrogens (tertiary/aromatic N) is 1. The highest BCUT2D eigenvalue weighted by molar-refractivity contribution is 5.36. The Labute approximate surface area is 97.1 Å². The molecule has 0 unspecified atom stereocenters. The van der Waals surface area contributed by atoms with Crippen molar-refractivity contribution in [1.29, 1.82) is 0 Å². The molecule has 17 heavy (non-hydrogen) atoms. The zero-order chi connectivity index (χ0) is 11.8. The second kappa shape index (κ2) is 3.85. The number of fused-ring (bicyclic) bond motifs is 1. The SMILES string of the molecule is O=c1[nH]n(-c2cccc(F)c2)c2c1CCNC2. The Kier molecular flexibility index (Phi) is 2.33. The van der Waals surface area contributed by atoms with E-state index in [1.807, 2.05) is 0 Å². The highest BCUT2D eigenvalue weighted by Crippen LogP contribution is 2.15. The molecule has 88 valence electrons. The van der Waals surface area contributed by atoms with E-state index in [9.17, 15) is 9.18 Å². The van der Waals surface area contributed by atoms with Gasteiger partial charge in [-0.15, -0.1) is 0 Å². The lowest BCUT2D eigenvalue weighted by Crippen LogP contribution is -2.26. The minimum absolute atomic E-state index is 0.0780. The Bertz CT molecular complexity index is 614. The maximum atomic E-state index is 13.2. The molecule has 1 aromatic heterocycles. The monoisotopic (exact) mass is 233 g/mol. The number of H-pyrrole nitrogens is 1. The lowest BCUT2D eigenvalue weighted by atomic mass is 10.1. The number of aromatic amines is 1. The van der Waals surface area contributed by atoms with Crippen LogP contribution in [-0.2, 0) is 13.0 Å². The maximum absolute atomic E-state index is 13.2. The zero-order valence-electron chi connectivity index (χ0n) is 9.16. The van der Waals surface area contributed by atoms with Crippen molar-refractivity contribution in [2.75, 3.05) is 6.54 Å². The number of rotatable bonds is 1. The molecule has 4 nitrogen and oxygen atoms in total. The summed E-state index contributed by atoms with van der Waals surface area (Å²) in [5.41, 5.74) is 2.26. The molecular weight excluding hydrogens is 221 g/mol. The molecule has 0 radical (unpaired) electrons. The van der Waals surface area contributed by atoms with Gasteiger partial charge in [0.25, 0.3) is 5.56 Å². The predicted octanol–water partition coefficient (Wildman–Crippen LogP) is 0.950. The minimum atomic E-state index is -0.311. The third-order valence-corrected chi connectivity index (χ3v) is 3.02. The highest BCUT2D eigenvalue weighted by atomic mass is 19.1. The maximum Gasteiger partial charge on any atom is 0.267 e. The van der Waals surface area contributed by atoms with Gasteiger partial charge < -0.3 is 5.32 Å². The van der Waals surface area contributed by atoms with Crippen molar-refractivity contribution in [3.8, 4) is 5.69 Å². The first-order valence-electron chi connectivity index (χ1n) is 5.55. The zero-order valence-corrected chi connectivity index (χ0v) is 9.16. The second-order valence-corrected chi connectivity index (χ2v) is 4.11. The van der Waals surface area contributed by atoms with Crippen LogP contribution in [0, 0.1) is 5.82 Å². The summed E-state index contributed by atoms with van der Waals surface area (Å²) in [5.74, 6) is -0.311. The third-order valence-electron chi connectivity index (χ3n) is 3.02. The van der Waals surface area contributed by atoms with Crippen molar-refractivity contribution >= 4 is 0 Å². The number of aromatic nitrogens is 2. The third kappa shape index (κ3) is 1.68. The smallest absolute Gasteiger partial charge is 0.267 e. The fraction of sp³-hybridized carbons (Fsp3) is 0.250. The summed E-state index contributed by atoms with van der Waals surface area (Å²) in [6.45, 7) is 1.44. The average molecular weight is 233 g/mol. The number of benzene rings is 1. The van der Waals surface area contributed by atoms with Crippen molar-refractivity contribution in [2.24, 2.45) is 0 Å². The Morgan fingerprint density at radius 2 is 2.24 bits per heavy atom. The Hall–Kier alpha value is -1.88. The van der Waals surface area contributed by atoms with Gasteiger partial charge in [-0.25, -0.2) is 4.39 Å². The van der Waals surface area contributed by atoms with E-state index in [-0.39, 0.29) is 11.4 Å². The molecule has 0 bridgehead atoms. The molecule has 0 amide bonds. The minimum Gasteiger partial charge on any atom is -0.311 e. The molecule has 1 aromatic carbocycles. The van der Waals surface area contributed by atoms with E-state index in [0.29, 0.717) is 18.7 Å². The molecule has 2 aromatic rings.